The van der Waals surface area contributed by atoms with Crippen LogP contribution in [0.4, 0.5) is 0 Å². The third kappa shape index (κ3) is 14.9. The second-order valence-electron chi connectivity index (χ2n) is 2.61. The van der Waals surface area contributed by atoms with Gasteiger partial charge in [-0.3, -0.25) is 0 Å². The second-order valence-corrected chi connectivity index (χ2v) is 4.28. The third-order valence-corrected chi connectivity index (χ3v) is 2.71. The molecule has 0 spiro atoms. The average Bonchev–Trinajstić information content (AvgIpc) is 2.02. The first-order chi connectivity index (χ1) is 5.77. The molecule has 0 saturated carbocycles. The van der Waals surface area contributed by atoms with E-state index in [1.165, 1.54) is 24.3 Å². The van der Waals surface area contributed by atoms with E-state index in [0.717, 1.165) is 13.0 Å². The van der Waals surface area contributed by atoms with Crippen molar-refractivity contribution in [3.05, 3.63) is 0 Å². The van der Waals surface area contributed by atoms with E-state index in [2.05, 4.69) is 24.5 Å². The van der Waals surface area contributed by atoms with Crippen molar-refractivity contribution in [3.8, 4) is 0 Å². The minimum Gasteiger partial charge on any atom is -0.376 e. The van der Waals surface area contributed by atoms with Gasteiger partial charge < -0.3 is 11.1 Å². The normalized spacial score (nSPS) is 9.00. The molecule has 4 heteroatoms. The Morgan fingerprint density at radius 3 is 2.54 bits per heavy atom. The number of nitrogens with two attached hydrogens (primary N) is 1. The molecule has 0 aromatic rings. The zero-order chi connectivity index (χ0) is 9.23. The van der Waals surface area contributed by atoms with Crippen LogP contribution in [0.25, 0.3) is 0 Å². The Morgan fingerprint density at radius 1 is 1.38 bits per heavy atom. The standard InChI is InChI=1S/C8H18N2S2.CH4/c1-2-3-6-12-7-4-5-10-8(9)11;/h2-7H2,1H3,(H3,9,10,11);1H4. The van der Waals surface area contributed by atoms with Crippen LogP contribution in [0, 0.1) is 0 Å². The lowest BCUT2D eigenvalue weighted by molar-refractivity contribution is 0.847. The molecule has 0 radical (unpaired) electrons. The molecule has 0 amide bonds. The lowest BCUT2D eigenvalue weighted by Crippen LogP contribution is -2.29. The van der Waals surface area contributed by atoms with Crippen LogP contribution in [0.2, 0.25) is 0 Å². The second kappa shape index (κ2) is 12.0. The zero-order valence-electron chi connectivity index (χ0n) is 7.64. The van der Waals surface area contributed by atoms with Crippen molar-refractivity contribution in [1.82, 2.24) is 5.32 Å². The molecule has 0 fully saturated rings. The first-order valence-electron chi connectivity index (χ1n) is 4.38. The minimum absolute atomic E-state index is 0. The molecule has 0 aliphatic heterocycles. The number of nitrogens with one attached hydrogen (secondary N) is 1. The van der Waals surface area contributed by atoms with Crippen LogP contribution in [0.5, 0.6) is 0 Å². The molecule has 0 aromatic heterocycles. The number of hydrogen-bond donors (Lipinski definition) is 2. The van der Waals surface area contributed by atoms with Gasteiger partial charge in [0.05, 0.1) is 0 Å². The summed E-state index contributed by atoms with van der Waals surface area (Å²) in [7, 11) is 0. The highest BCUT2D eigenvalue weighted by atomic mass is 32.2. The molecule has 0 unspecified atom stereocenters. The Hall–Kier alpha value is 0.0400. The summed E-state index contributed by atoms with van der Waals surface area (Å²) >= 11 is 6.68. The smallest absolute Gasteiger partial charge is 0.163 e. The van der Waals surface area contributed by atoms with Gasteiger partial charge in [0, 0.05) is 6.54 Å². The number of hydrogen-bond acceptors (Lipinski definition) is 2. The van der Waals surface area contributed by atoms with E-state index in [1.807, 2.05) is 11.8 Å². The lowest BCUT2D eigenvalue weighted by atomic mass is 10.4. The molecule has 0 aromatic carbocycles. The maximum absolute atomic E-state index is 5.27. The molecule has 0 aliphatic carbocycles. The SMILES string of the molecule is C.CCCCSCCCNC(N)=S. The van der Waals surface area contributed by atoms with E-state index in [4.69, 9.17) is 5.73 Å². The van der Waals surface area contributed by atoms with Crippen LogP contribution in [0.15, 0.2) is 0 Å². The monoisotopic (exact) mass is 222 g/mol. The van der Waals surface area contributed by atoms with Crippen molar-refractivity contribution < 1.29 is 0 Å². The highest BCUT2D eigenvalue weighted by Crippen LogP contribution is 2.04. The van der Waals surface area contributed by atoms with Crippen molar-refractivity contribution in [1.29, 1.82) is 0 Å². The minimum atomic E-state index is 0. The number of thioether (sulfide) groups is 1. The molecule has 0 atom stereocenters. The summed E-state index contributed by atoms with van der Waals surface area (Å²) in [5, 5.41) is 3.34. The first-order valence-corrected chi connectivity index (χ1v) is 5.94. The van der Waals surface area contributed by atoms with Crippen molar-refractivity contribution in [2.75, 3.05) is 18.1 Å². The zero-order valence-corrected chi connectivity index (χ0v) is 9.27. The van der Waals surface area contributed by atoms with Crippen LogP contribution in [0.3, 0.4) is 0 Å². The van der Waals surface area contributed by atoms with Gasteiger partial charge >= 0.3 is 0 Å². The Morgan fingerprint density at radius 2 is 2.00 bits per heavy atom. The Balaban J connectivity index is 0. The maximum atomic E-state index is 5.27. The molecule has 80 valence electrons. The number of rotatable bonds is 7. The fourth-order valence-corrected chi connectivity index (χ4v) is 1.88. The van der Waals surface area contributed by atoms with E-state index < -0.39 is 0 Å². The number of thiocarbonyl (C=S) groups is 1. The van der Waals surface area contributed by atoms with Crippen LogP contribution in [-0.4, -0.2) is 23.2 Å². The molecular formula is C9H22N2S2. The van der Waals surface area contributed by atoms with Gasteiger partial charge in [0.1, 0.15) is 0 Å². The molecular weight excluding hydrogens is 200 g/mol. The third-order valence-electron chi connectivity index (χ3n) is 1.41. The summed E-state index contributed by atoms with van der Waals surface area (Å²) in [6, 6.07) is 0. The van der Waals surface area contributed by atoms with Gasteiger partial charge in [-0.1, -0.05) is 20.8 Å². The van der Waals surface area contributed by atoms with E-state index in [9.17, 15) is 0 Å². The Kier molecular flexibility index (Phi) is 14.4. The molecule has 0 rings (SSSR count). The Bertz CT molecular complexity index is 118. The van der Waals surface area contributed by atoms with Gasteiger partial charge in [0.25, 0.3) is 0 Å². The summed E-state index contributed by atoms with van der Waals surface area (Å²) in [6.07, 6.45) is 3.76. The first kappa shape index (κ1) is 15.5. The molecule has 0 saturated heterocycles. The molecule has 0 aliphatic rings. The Labute approximate surface area is 92.0 Å². The number of unbranched alkanes of at least 4 members (excludes halogenated alkanes) is 1. The lowest BCUT2D eigenvalue weighted by Gasteiger charge is -2.02. The van der Waals surface area contributed by atoms with Gasteiger partial charge in [-0.25, -0.2) is 0 Å². The van der Waals surface area contributed by atoms with Gasteiger partial charge in [-0.15, -0.1) is 0 Å². The fourth-order valence-electron chi connectivity index (χ4n) is 0.734. The summed E-state index contributed by atoms with van der Waals surface area (Å²) in [5.74, 6) is 2.49. The van der Waals surface area contributed by atoms with Crippen LogP contribution in [-0.2, 0) is 0 Å². The van der Waals surface area contributed by atoms with Gasteiger partial charge in [0.2, 0.25) is 0 Å². The summed E-state index contributed by atoms with van der Waals surface area (Å²) < 4.78 is 0. The van der Waals surface area contributed by atoms with Gasteiger partial charge in [0.15, 0.2) is 5.11 Å². The van der Waals surface area contributed by atoms with Gasteiger partial charge in [-0.2, -0.15) is 11.8 Å². The van der Waals surface area contributed by atoms with E-state index in [0.29, 0.717) is 5.11 Å². The van der Waals surface area contributed by atoms with Crippen molar-refractivity contribution in [2.45, 2.75) is 33.6 Å². The summed E-state index contributed by atoms with van der Waals surface area (Å²) in [4.78, 5) is 0. The molecule has 2 nitrogen and oxygen atoms in total. The molecule has 3 N–H and O–H groups in total. The quantitative estimate of drug-likeness (QED) is 0.512. The van der Waals surface area contributed by atoms with Crippen LogP contribution >= 0.6 is 24.0 Å². The highest BCUT2D eigenvalue weighted by Gasteiger charge is 1.90. The van der Waals surface area contributed by atoms with Gasteiger partial charge in [-0.05, 0) is 36.6 Å². The summed E-state index contributed by atoms with van der Waals surface area (Å²) in [6.45, 7) is 3.13. The van der Waals surface area contributed by atoms with Crippen molar-refractivity contribution in [2.24, 2.45) is 5.73 Å². The highest BCUT2D eigenvalue weighted by molar-refractivity contribution is 7.99. The molecule has 0 bridgehead atoms. The molecule has 13 heavy (non-hydrogen) atoms. The predicted molar refractivity (Wildman–Crippen MR) is 68.4 cm³/mol. The van der Waals surface area contributed by atoms with E-state index in [-0.39, 0.29) is 7.43 Å². The maximum Gasteiger partial charge on any atom is 0.163 e. The van der Waals surface area contributed by atoms with Crippen LogP contribution < -0.4 is 11.1 Å². The predicted octanol–water partition coefficient (Wildman–Crippen LogP) is 2.38. The average molecular weight is 222 g/mol. The summed E-state index contributed by atoms with van der Waals surface area (Å²) in [5.41, 5.74) is 5.27. The fraction of sp³-hybridized carbons (Fsp3) is 0.889. The van der Waals surface area contributed by atoms with Crippen molar-refractivity contribution >= 4 is 29.1 Å². The van der Waals surface area contributed by atoms with E-state index in [1.54, 1.807) is 0 Å². The largest absolute Gasteiger partial charge is 0.376 e. The van der Waals surface area contributed by atoms with Crippen molar-refractivity contribution in [3.63, 3.8) is 0 Å². The van der Waals surface area contributed by atoms with Crippen LogP contribution in [0.1, 0.15) is 33.6 Å². The molecule has 0 heterocycles. The topological polar surface area (TPSA) is 38.0 Å². The van der Waals surface area contributed by atoms with E-state index >= 15 is 0 Å².